The number of anilines is 1. The van der Waals surface area contributed by atoms with Gasteiger partial charge in [-0.3, -0.25) is 4.79 Å². The highest BCUT2D eigenvalue weighted by atomic mass is 32.1. The van der Waals surface area contributed by atoms with Gasteiger partial charge in [-0.05, 0) is 24.1 Å². The summed E-state index contributed by atoms with van der Waals surface area (Å²) in [6, 6.07) is 15.6. The van der Waals surface area contributed by atoms with Gasteiger partial charge < -0.3 is 14.8 Å². The molecule has 0 aliphatic heterocycles. The summed E-state index contributed by atoms with van der Waals surface area (Å²) < 4.78 is 10.5. The molecule has 0 spiro atoms. The lowest BCUT2D eigenvalue weighted by molar-refractivity contribution is -0.115. The Kier molecular flexibility index (Phi) is 6.44. The van der Waals surface area contributed by atoms with Crippen molar-refractivity contribution < 1.29 is 14.3 Å². The number of nitrogens with one attached hydrogen (secondary N) is 1. The van der Waals surface area contributed by atoms with E-state index in [2.05, 4.69) is 22.4 Å². The molecular weight excluding hydrogens is 360 g/mol. The molecule has 0 saturated carbocycles. The number of amides is 1. The van der Waals surface area contributed by atoms with Crippen LogP contribution in [0, 0.1) is 0 Å². The third kappa shape index (κ3) is 5.31. The van der Waals surface area contributed by atoms with E-state index in [1.807, 2.05) is 23.6 Å². The second kappa shape index (κ2) is 9.19. The molecule has 1 aromatic heterocycles. The van der Waals surface area contributed by atoms with Crippen LogP contribution in [0.15, 0.2) is 53.9 Å². The van der Waals surface area contributed by atoms with Gasteiger partial charge in [-0.15, -0.1) is 11.3 Å². The summed E-state index contributed by atoms with van der Waals surface area (Å²) >= 11 is 1.60. The highest BCUT2D eigenvalue weighted by Crippen LogP contribution is 2.29. The van der Waals surface area contributed by atoms with E-state index in [1.54, 1.807) is 43.8 Å². The smallest absolute Gasteiger partial charge is 0.230 e. The summed E-state index contributed by atoms with van der Waals surface area (Å²) in [5, 5.41) is 5.88. The number of aromatic nitrogens is 1. The van der Waals surface area contributed by atoms with Crippen molar-refractivity contribution in [3.8, 4) is 11.5 Å². The first-order valence-electron chi connectivity index (χ1n) is 8.67. The molecule has 0 fully saturated rings. The average molecular weight is 382 g/mol. The minimum atomic E-state index is -0.109. The van der Waals surface area contributed by atoms with Crippen molar-refractivity contribution in [1.82, 2.24) is 4.98 Å². The van der Waals surface area contributed by atoms with E-state index in [1.165, 1.54) is 5.56 Å². The molecule has 0 atom stereocenters. The van der Waals surface area contributed by atoms with Crippen LogP contribution >= 0.6 is 11.3 Å². The molecule has 1 amide bonds. The van der Waals surface area contributed by atoms with Crippen molar-refractivity contribution in [2.24, 2.45) is 0 Å². The van der Waals surface area contributed by atoms with Crippen molar-refractivity contribution >= 4 is 22.9 Å². The Balaban J connectivity index is 1.54. The monoisotopic (exact) mass is 382 g/mol. The number of thiazole rings is 1. The van der Waals surface area contributed by atoms with Crippen LogP contribution in [0.25, 0.3) is 0 Å². The normalized spacial score (nSPS) is 10.4. The number of carbonyl (C=O) groups excluding carboxylic acids is 1. The third-order valence-electron chi connectivity index (χ3n) is 4.08. The van der Waals surface area contributed by atoms with E-state index in [0.717, 1.165) is 23.5 Å². The second-order valence-electron chi connectivity index (χ2n) is 6.01. The molecule has 2 aromatic carbocycles. The van der Waals surface area contributed by atoms with Crippen LogP contribution in [0.4, 0.5) is 5.69 Å². The summed E-state index contributed by atoms with van der Waals surface area (Å²) in [5.74, 6) is 1.09. The molecule has 1 N–H and O–H groups in total. The van der Waals surface area contributed by atoms with Gasteiger partial charge in [0.25, 0.3) is 0 Å². The highest BCUT2D eigenvalue weighted by molar-refractivity contribution is 7.09. The molecule has 1 heterocycles. The van der Waals surface area contributed by atoms with Gasteiger partial charge >= 0.3 is 0 Å². The molecule has 0 radical (unpaired) electrons. The zero-order chi connectivity index (χ0) is 19.1. The number of nitrogens with zero attached hydrogens (tertiary/aromatic N) is 1. The lowest BCUT2D eigenvalue weighted by atomic mass is 10.1. The van der Waals surface area contributed by atoms with E-state index < -0.39 is 0 Å². The fourth-order valence-electron chi connectivity index (χ4n) is 2.72. The second-order valence-corrected chi connectivity index (χ2v) is 6.96. The van der Waals surface area contributed by atoms with Crippen LogP contribution in [0.2, 0.25) is 0 Å². The van der Waals surface area contributed by atoms with E-state index in [9.17, 15) is 4.79 Å². The Hall–Kier alpha value is -2.86. The maximum Gasteiger partial charge on any atom is 0.230 e. The Morgan fingerprint density at radius 3 is 2.56 bits per heavy atom. The molecular formula is C21H22N2O3S. The van der Waals surface area contributed by atoms with Gasteiger partial charge in [0.15, 0.2) is 11.5 Å². The summed E-state index contributed by atoms with van der Waals surface area (Å²) in [7, 11) is 3.14. The number of aryl methyl sites for hydroxylation is 2. The lowest BCUT2D eigenvalue weighted by Gasteiger charge is -2.10. The van der Waals surface area contributed by atoms with Gasteiger partial charge in [-0.1, -0.05) is 30.3 Å². The molecule has 5 nitrogen and oxygen atoms in total. The Morgan fingerprint density at radius 2 is 1.81 bits per heavy atom. The van der Waals surface area contributed by atoms with Gasteiger partial charge in [-0.2, -0.15) is 0 Å². The van der Waals surface area contributed by atoms with Crippen LogP contribution in [0.3, 0.4) is 0 Å². The number of carbonyl (C=O) groups is 1. The quantitative estimate of drug-likeness (QED) is 0.636. The van der Waals surface area contributed by atoms with E-state index in [-0.39, 0.29) is 12.3 Å². The number of benzene rings is 2. The molecule has 0 aliphatic carbocycles. The maximum absolute atomic E-state index is 12.3. The maximum atomic E-state index is 12.3. The fourth-order valence-corrected chi connectivity index (χ4v) is 3.52. The summed E-state index contributed by atoms with van der Waals surface area (Å²) in [6.07, 6.45) is 2.08. The van der Waals surface area contributed by atoms with Gasteiger partial charge in [0.05, 0.1) is 31.3 Å². The van der Waals surface area contributed by atoms with Gasteiger partial charge in [0, 0.05) is 23.6 Å². The minimum absolute atomic E-state index is 0.109. The van der Waals surface area contributed by atoms with Crippen molar-refractivity contribution in [3.63, 3.8) is 0 Å². The predicted molar refractivity (Wildman–Crippen MR) is 108 cm³/mol. The summed E-state index contributed by atoms with van der Waals surface area (Å²) in [5.41, 5.74) is 2.75. The number of hydrogen-bond acceptors (Lipinski definition) is 5. The number of hydrogen-bond donors (Lipinski definition) is 1. The van der Waals surface area contributed by atoms with Gasteiger partial charge in [0.1, 0.15) is 0 Å². The average Bonchev–Trinajstić information content (AvgIpc) is 3.14. The van der Waals surface area contributed by atoms with Crippen LogP contribution in [0.5, 0.6) is 11.5 Å². The van der Waals surface area contributed by atoms with Crippen LogP contribution < -0.4 is 14.8 Å². The van der Waals surface area contributed by atoms with E-state index >= 15 is 0 Å². The zero-order valence-electron chi connectivity index (χ0n) is 15.4. The Bertz CT molecular complexity index is 893. The Labute approximate surface area is 163 Å². The first kappa shape index (κ1) is 18.9. The van der Waals surface area contributed by atoms with Crippen molar-refractivity contribution in [2.45, 2.75) is 19.3 Å². The van der Waals surface area contributed by atoms with E-state index in [4.69, 9.17) is 9.47 Å². The molecule has 3 rings (SSSR count). The molecule has 0 unspecified atom stereocenters. The predicted octanol–water partition coefficient (Wildman–Crippen LogP) is 4.13. The van der Waals surface area contributed by atoms with Crippen molar-refractivity contribution in [3.05, 3.63) is 70.2 Å². The molecule has 0 bridgehead atoms. The number of methoxy groups -OCH3 is 2. The number of rotatable bonds is 8. The zero-order valence-corrected chi connectivity index (χ0v) is 16.2. The van der Waals surface area contributed by atoms with Crippen LogP contribution in [-0.4, -0.2) is 25.1 Å². The first-order valence-corrected chi connectivity index (χ1v) is 9.55. The standard InChI is InChI=1S/C21H22N2O3S/c1-25-18-10-9-16(12-19(18)26-2)22-20(24)13-17-14-27-21(23-17)11-8-15-6-4-3-5-7-15/h3-7,9-10,12,14H,8,11,13H2,1-2H3,(H,22,24). The molecule has 3 aromatic rings. The summed E-state index contributed by atoms with van der Waals surface area (Å²) in [4.78, 5) is 16.9. The van der Waals surface area contributed by atoms with Crippen LogP contribution in [0.1, 0.15) is 16.3 Å². The SMILES string of the molecule is COc1ccc(NC(=O)Cc2csc(CCc3ccccc3)n2)cc1OC. The van der Waals surface area contributed by atoms with Gasteiger partial charge in [-0.25, -0.2) is 4.98 Å². The molecule has 140 valence electrons. The van der Waals surface area contributed by atoms with Gasteiger partial charge in [0.2, 0.25) is 5.91 Å². The Morgan fingerprint density at radius 1 is 1.04 bits per heavy atom. The topological polar surface area (TPSA) is 60.5 Å². The molecule has 0 aliphatic rings. The van der Waals surface area contributed by atoms with Crippen LogP contribution in [-0.2, 0) is 24.1 Å². The van der Waals surface area contributed by atoms with Crippen molar-refractivity contribution in [1.29, 1.82) is 0 Å². The minimum Gasteiger partial charge on any atom is -0.493 e. The van der Waals surface area contributed by atoms with Crippen molar-refractivity contribution in [2.75, 3.05) is 19.5 Å². The molecule has 27 heavy (non-hydrogen) atoms. The lowest BCUT2D eigenvalue weighted by Crippen LogP contribution is -2.14. The third-order valence-corrected chi connectivity index (χ3v) is 5.04. The molecule has 6 heteroatoms. The first-order chi connectivity index (χ1) is 13.2. The highest BCUT2D eigenvalue weighted by Gasteiger charge is 2.10. The largest absolute Gasteiger partial charge is 0.493 e. The summed E-state index contributed by atoms with van der Waals surface area (Å²) in [6.45, 7) is 0. The number of ether oxygens (including phenoxy) is 2. The van der Waals surface area contributed by atoms with E-state index in [0.29, 0.717) is 17.2 Å². The molecule has 0 saturated heterocycles. The fraction of sp³-hybridized carbons (Fsp3) is 0.238.